The molecule has 0 aliphatic carbocycles. The van der Waals surface area contributed by atoms with E-state index < -0.39 is 5.60 Å². The Morgan fingerprint density at radius 2 is 2.00 bits per heavy atom. The molecule has 2 fully saturated rings. The summed E-state index contributed by atoms with van der Waals surface area (Å²) in [4.78, 5) is 26.2. The van der Waals surface area contributed by atoms with E-state index in [9.17, 15) is 4.79 Å². The van der Waals surface area contributed by atoms with Gasteiger partial charge in [0.1, 0.15) is 5.60 Å². The summed E-state index contributed by atoms with van der Waals surface area (Å²) in [5, 5.41) is 0.261. The van der Waals surface area contributed by atoms with Crippen LogP contribution in [0.3, 0.4) is 0 Å². The average molecular weight is 411 g/mol. The molecule has 0 atom stereocenters. The molecule has 0 unspecified atom stereocenters. The molecule has 0 bridgehead atoms. The first kappa shape index (κ1) is 18.7. The maximum atomic E-state index is 12.1. The van der Waals surface area contributed by atoms with Crippen molar-refractivity contribution in [2.45, 2.75) is 32.3 Å². The summed E-state index contributed by atoms with van der Waals surface area (Å²) in [6.07, 6.45) is -0.253. The van der Waals surface area contributed by atoms with Crippen LogP contribution >= 0.6 is 22.9 Å². The minimum Gasteiger partial charge on any atom is -0.444 e. The first-order valence-corrected chi connectivity index (χ1v) is 10.3. The second-order valence-corrected chi connectivity index (χ2v) is 9.28. The van der Waals surface area contributed by atoms with Crippen molar-refractivity contribution in [3.05, 3.63) is 16.2 Å². The lowest BCUT2D eigenvalue weighted by Gasteiger charge is -2.39. The molecule has 7 nitrogen and oxygen atoms in total. The molecule has 2 aliphatic rings. The maximum Gasteiger partial charge on any atom is 0.410 e. The van der Waals surface area contributed by atoms with Crippen molar-refractivity contribution < 1.29 is 14.3 Å². The molecule has 0 aromatic carbocycles. The van der Waals surface area contributed by atoms with Gasteiger partial charge in [-0.05, 0) is 38.4 Å². The highest BCUT2D eigenvalue weighted by molar-refractivity contribution is 7.19. The molecule has 4 rings (SSSR count). The Labute approximate surface area is 167 Å². The van der Waals surface area contributed by atoms with Gasteiger partial charge in [-0.2, -0.15) is 4.98 Å². The molecule has 27 heavy (non-hydrogen) atoms. The average Bonchev–Trinajstić information content (AvgIpc) is 2.95. The van der Waals surface area contributed by atoms with Crippen LogP contribution in [0.4, 0.5) is 10.6 Å². The van der Waals surface area contributed by atoms with Gasteiger partial charge >= 0.3 is 6.09 Å². The summed E-state index contributed by atoms with van der Waals surface area (Å²) in [5.74, 6) is 1.18. The van der Waals surface area contributed by atoms with Crippen LogP contribution in [0.25, 0.3) is 10.2 Å². The number of hydrogen-bond acceptors (Lipinski definition) is 7. The summed E-state index contributed by atoms with van der Waals surface area (Å²) in [6.45, 7) is 9.93. The third-order valence-electron chi connectivity index (χ3n) is 4.59. The molecule has 2 saturated heterocycles. The number of carbonyl (C=O) groups excluding carboxylic acids is 1. The van der Waals surface area contributed by atoms with E-state index in [1.807, 2.05) is 20.8 Å². The van der Waals surface area contributed by atoms with E-state index >= 15 is 0 Å². The number of aromatic nitrogens is 2. The Morgan fingerprint density at radius 1 is 1.30 bits per heavy atom. The zero-order chi connectivity index (χ0) is 19.2. The number of anilines is 1. The zero-order valence-corrected chi connectivity index (χ0v) is 17.3. The number of halogens is 1. The summed E-state index contributed by atoms with van der Waals surface area (Å²) in [6, 6.07) is 2.08. The molecule has 2 aliphatic heterocycles. The predicted octanol–water partition coefficient (Wildman–Crippen LogP) is 3.52. The SMILES string of the molecule is CC(C)(C)OC(=O)N1CC(c2cc3nc(Cl)nc(N4CCOCC4)c3s2)C1. The smallest absolute Gasteiger partial charge is 0.410 e. The number of nitrogens with zero attached hydrogens (tertiary/aromatic N) is 4. The van der Waals surface area contributed by atoms with Crippen LogP contribution in [-0.4, -0.2) is 66.0 Å². The van der Waals surface area contributed by atoms with Crippen LogP contribution < -0.4 is 4.90 Å². The van der Waals surface area contributed by atoms with Crippen LogP contribution in [0, 0.1) is 0 Å². The highest BCUT2D eigenvalue weighted by Crippen LogP contribution is 2.39. The third kappa shape index (κ3) is 3.97. The van der Waals surface area contributed by atoms with Gasteiger partial charge in [0.05, 0.1) is 23.4 Å². The first-order valence-electron chi connectivity index (χ1n) is 9.08. The van der Waals surface area contributed by atoms with E-state index in [1.165, 1.54) is 4.88 Å². The molecule has 0 N–H and O–H groups in total. The van der Waals surface area contributed by atoms with Gasteiger partial charge in [-0.25, -0.2) is 9.78 Å². The molecule has 2 aromatic heterocycles. The highest BCUT2D eigenvalue weighted by Gasteiger charge is 2.36. The fourth-order valence-corrected chi connectivity index (χ4v) is 4.60. The Morgan fingerprint density at radius 3 is 2.67 bits per heavy atom. The molecule has 1 amide bonds. The Kier molecular flexibility index (Phi) is 4.90. The van der Waals surface area contributed by atoms with Gasteiger partial charge in [-0.15, -0.1) is 11.3 Å². The van der Waals surface area contributed by atoms with Crippen molar-refractivity contribution in [1.29, 1.82) is 0 Å². The predicted molar refractivity (Wildman–Crippen MR) is 106 cm³/mol. The van der Waals surface area contributed by atoms with E-state index in [0.717, 1.165) is 29.1 Å². The number of hydrogen-bond donors (Lipinski definition) is 0. The molecular formula is C18H23ClN4O3S. The Balaban J connectivity index is 1.52. The van der Waals surface area contributed by atoms with Gasteiger partial charge in [0, 0.05) is 37.0 Å². The van der Waals surface area contributed by atoms with E-state index in [2.05, 4.69) is 20.9 Å². The van der Waals surface area contributed by atoms with E-state index in [4.69, 9.17) is 21.1 Å². The van der Waals surface area contributed by atoms with Crippen molar-refractivity contribution >= 4 is 45.1 Å². The fraction of sp³-hybridized carbons (Fsp3) is 0.611. The zero-order valence-electron chi connectivity index (χ0n) is 15.7. The number of ether oxygens (including phenoxy) is 2. The topological polar surface area (TPSA) is 67.8 Å². The fourth-order valence-electron chi connectivity index (χ4n) is 3.23. The number of morpholine rings is 1. The highest BCUT2D eigenvalue weighted by atomic mass is 35.5. The number of likely N-dealkylation sites (tertiary alicyclic amines) is 1. The van der Waals surface area contributed by atoms with Gasteiger partial charge in [-0.1, -0.05) is 0 Å². The number of rotatable bonds is 2. The molecule has 9 heteroatoms. The van der Waals surface area contributed by atoms with Crippen LogP contribution in [-0.2, 0) is 9.47 Å². The molecule has 4 heterocycles. The molecule has 0 saturated carbocycles. The third-order valence-corrected chi connectivity index (χ3v) is 6.04. The lowest BCUT2D eigenvalue weighted by Crippen LogP contribution is -2.50. The monoisotopic (exact) mass is 410 g/mol. The molecule has 2 aromatic rings. The normalized spacial score (nSPS) is 18.7. The Hall–Kier alpha value is -1.64. The molecule has 0 spiro atoms. The summed E-state index contributed by atoms with van der Waals surface area (Å²) in [7, 11) is 0. The van der Waals surface area contributed by atoms with E-state index in [1.54, 1.807) is 16.2 Å². The summed E-state index contributed by atoms with van der Waals surface area (Å²) in [5.41, 5.74) is 0.395. The van der Waals surface area contributed by atoms with E-state index in [-0.39, 0.29) is 11.4 Å². The minimum absolute atomic E-state index is 0.253. The lowest BCUT2D eigenvalue weighted by molar-refractivity contribution is 0.00847. The van der Waals surface area contributed by atoms with Gasteiger partial charge in [0.25, 0.3) is 0 Å². The minimum atomic E-state index is -0.473. The largest absolute Gasteiger partial charge is 0.444 e. The lowest BCUT2D eigenvalue weighted by atomic mass is 9.99. The number of thiophene rings is 1. The van der Waals surface area contributed by atoms with Gasteiger partial charge in [-0.3, -0.25) is 0 Å². The van der Waals surface area contributed by atoms with Gasteiger partial charge in [0.2, 0.25) is 5.28 Å². The van der Waals surface area contributed by atoms with Gasteiger partial charge in [0.15, 0.2) is 5.82 Å². The summed E-state index contributed by atoms with van der Waals surface area (Å²) >= 11 is 7.85. The quantitative estimate of drug-likeness (QED) is 0.705. The second-order valence-electron chi connectivity index (χ2n) is 7.86. The van der Waals surface area contributed by atoms with Crippen molar-refractivity contribution in [3.63, 3.8) is 0 Å². The van der Waals surface area contributed by atoms with Crippen LogP contribution in [0.15, 0.2) is 6.07 Å². The molecule has 146 valence electrons. The van der Waals surface area contributed by atoms with Crippen LogP contribution in [0.2, 0.25) is 5.28 Å². The molecular weight excluding hydrogens is 388 g/mol. The van der Waals surface area contributed by atoms with Crippen molar-refractivity contribution in [3.8, 4) is 0 Å². The number of carbonyl (C=O) groups is 1. The number of amides is 1. The standard InChI is InChI=1S/C18H23ClN4O3S/c1-18(2,3)26-17(24)23-9-11(10-23)13-8-12-14(27-13)15(21-16(19)20-12)22-4-6-25-7-5-22/h8,11H,4-7,9-10H2,1-3H3. The molecule has 0 radical (unpaired) electrons. The number of fused-ring (bicyclic) bond motifs is 1. The van der Waals surface area contributed by atoms with E-state index in [0.29, 0.717) is 32.2 Å². The van der Waals surface area contributed by atoms with Crippen molar-refractivity contribution in [2.75, 3.05) is 44.3 Å². The van der Waals surface area contributed by atoms with Crippen LogP contribution in [0.5, 0.6) is 0 Å². The maximum absolute atomic E-state index is 12.1. The summed E-state index contributed by atoms with van der Waals surface area (Å²) < 4.78 is 11.9. The van der Waals surface area contributed by atoms with Crippen LogP contribution in [0.1, 0.15) is 31.6 Å². The Bertz CT molecular complexity index is 854. The second kappa shape index (κ2) is 7.07. The van der Waals surface area contributed by atoms with Gasteiger partial charge < -0.3 is 19.3 Å². The first-order chi connectivity index (χ1) is 12.8. The van der Waals surface area contributed by atoms with Crippen molar-refractivity contribution in [2.24, 2.45) is 0 Å². The van der Waals surface area contributed by atoms with Crippen molar-refractivity contribution in [1.82, 2.24) is 14.9 Å².